The van der Waals surface area contributed by atoms with Gasteiger partial charge in [0.15, 0.2) is 0 Å². The van der Waals surface area contributed by atoms with Gasteiger partial charge in [0.1, 0.15) is 22.2 Å². The molecule has 0 radical (unpaired) electrons. The first-order valence-electron chi connectivity index (χ1n) is 7.65. The Hall–Kier alpha value is -2.00. The highest BCUT2D eigenvalue weighted by Crippen LogP contribution is 2.35. The number of rotatable bonds is 4. The maximum absolute atomic E-state index is 13.3. The van der Waals surface area contributed by atoms with Gasteiger partial charge in [-0.3, -0.25) is 9.59 Å². The first kappa shape index (κ1) is 21.3. The van der Waals surface area contributed by atoms with Gasteiger partial charge in [-0.1, -0.05) is 32.4 Å². The lowest BCUT2D eigenvalue weighted by Gasteiger charge is -2.18. The summed E-state index contributed by atoms with van der Waals surface area (Å²) in [5.74, 6) is -2.19. The number of alkyl halides is 3. The first-order chi connectivity index (χ1) is 12.3. The predicted octanol–water partition coefficient (Wildman–Crippen LogP) is 5.35. The number of hydrazone groups is 1. The van der Waals surface area contributed by atoms with E-state index >= 15 is 0 Å². The summed E-state index contributed by atoms with van der Waals surface area (Å²) >= 11 is 6.88. The van der Waals surface area contributed by atoms with Crippen LogP contribution in [-0.2, 0) is 4.79 Å². The highest BCUT2D eigenvalue weighted by molar-refractivity contribution is 7.21. The second-order valence-electron chi connectivity index (χ2n) is 6.73. The molecule has 2 rings (SSSR count). The minimum absolute atomic E-state index is 0.0120. The third-order valence-electron chi connectivity index (χ3n) is 3.58. The standard InChI is InChI=1S/C17H15ClF4N2O2S/c1-16(2,3)12(25)7-11(17(20,21)22)23-24-15(26)14-13(18)9-5-4-8(19)6-10(9)27-14/h4-6H,7H2,1-3H3,(H,24,26)/b23-11+. The zero-order valence-electron chi connectivity index (χ0n) is 14.5. The van der Waals surface area contributed by atoms with Crippen molar-refractivity contribution < 1.29 is 27.2 Å². The molecule has 0 unspecified atom stereocenters. The lowest BCUT2D eigenvalue weighted by Crippen LogP contribution is -2.33. The topological polar surface area (TPSA) is 58.5 Å². The summed E-state index contributed by atoms with van der Waals surface area (Å²) in [6.45, 7) is 4.45. The third-order valence-corrected chi connectivity index (χ3v) is 5.24. The minimum atomic E-state index is -4.89. The van der Waals surface area contributed by atoms with E-state index < -0.39 is 41.2 Å². The molecule has 27 heavy (non-hydrogen) atoms. The Morgan fingerprint density at radius 2 is 1.85 bits per heavy atom. The Morgan fingerprint density at radius 1 is 1.22 bits per heavy atom. The number of ketones is 1. The molecule has 4 nitrogen and oxygen atoms in total. The van der Waals surface area contributed by atoms with Crippen LogP contribution in [-0.4, -0.2) is 23.6 Å². The van der Waals surface area contributed by atoms with Crippen LogP contribution >= 0.6 is 22.9 Å². The number of nitrogens with one attached hydrogen (secondary N) is 1. The molecule has 0 atom stereocenters. The number of Topliss-reactive ketones (excluding diaryl/α,β-unsaturated/α-hetero) is 1. The van der Waals surface area contributed by atoms with Gasteiger partial charge in [-0.25, -0.2) is 9.82 Å². The summed E-state index contributed by atoms with van der Waals surface area (Å²) in [6.07, 6.45) is -5.86. The van der Waals surface area contributed by atoms with Crippen molar-refractivity contribution in [3.05, 3.63) is 33.9 Å². The lowest BCUT2D eigenvalue weighted by atomic mass is 9.88. The molecule has 0 aliphatic carbocycles. The van der Waals surface area contributed by atoms with E-state index in [-0.39, 0.29) is 9.90 Å². The fourth-order valence-corrected chi connectivity index (χ4v) is 3.41. The van der Waals surface area contributed by atoms with Crippen LogP contribution in [0.4, 0.5) is 17.6 Å². The zero-order chi connectivity index (χ0) is 20.6. The number of hydrogen-bond acceptors (Lipinski definition) is 4. The summed E-state index contributed by atoms with van der Waals surface area (Å²) < 4.78 is 53.0. The molecular weight excluding hydrogens is 408 g/mol. The maximum atomic E-state index is 13.3. The number of hydrogen-bond donors (Lipinski definition) is 1. The Labute approximate surface area is 161 Å². The third kappa shape index (κ3) is 5.04. The van der Waals surface area contributed by atoms with Crippen molar-refractivity contribution in [2.24, 2.45) is 10.5 Å². The highest BCUT2D eigenvalue weighted by Gasteiger charge is 2.39. The number of carbonyl (C=O) groups is 2. The molecule has 2 aromatic rings. The van der Waals surface area contributed by atoms with Crippen molar-refractivity contribution in [1.29, 1.82) is 0 Å². The number of amides is 1. The number of benzene rings is 1. The van der Waals surface area contributed by atoms with Crippen LogP contribution in [0, 0.1) is 11.2 Å². The molecule has 0 saturated heterocycles. The Balaban J connectivity index is 2.29. The normalized spacial score (nSPS) is 13.1. The largest absolute Gasteiger partial charge is 0.431 e. The van der Waals surface area contributed by atoms with E-state index in [2.05, 4.69) is 5.10 Å². The number of halogens is 5. The van der Waals surface area contributed by atoms with Crippen LogP contribution in [0.5, 0.6) is 0 Å². The number of nitrogens with zero attached hydrogens (tertiary/aromatic N) is 1. The molecule has 0 spiro atoms. The van der Waals surface area contributed by atoms with Gasteiger partial charge < -0.3 is 0 Å². The SMILES string of the molecule is CC(C)(C)C(=O)C/C(=N\NC(=O)c1sc2cc(F)ccc2c1Cl)C(F)(F)F. The van der Waals surface area contributed by atoms with Crippen molar-refractivity contribution >= 4 is 50.4 Å². The molecule has 1 aromatic heterocycles. The summed E-state index contributed by atoms with van der Waals surface area (Å²) in [5, 5.41) is 3.49. The number of thiophene rings is 1. The van der Waals surface area contributed by atoms with E-state index in [1.54, 1.807) is 5.43 Å². The molecule has 1 amide bonds. The van der Waals surface area contributed by atoms with E-state index in [4.69, 9.17) is 11.6 Å². The van der Waals surface area contributed by atoms with E-state index in [0.29, 0.717) is 10.1 Å². The molecule has 0 fully saturated rings. The fourth-order valence-electron chi connectivity index (χ4n) is 1.97. The number of carbonyl (C=O) groups excluding carboxylic acids is 2. The average Bonchev–Trinajstić information content (AvgIpc) is 2.85. The van der Waals surface area contributed by atoms with Crippen molar-refractivity contribution in [1.82, 2.24) is 5.43 Å². The molecule has 1 aromatic carbocycles. The van der Waals surface area contributed by atoms with Gasteiger partial charge in [0.25, 0.3) is 5.91 Å². The summed E-state index contributed by atoms with van der Waals surface area (Å²) in [6, 6.07) is 3.68. The molecule has 1 N–H and O–H groups in total. The lowest BCUT2D eigenvalue weighted by molar-refractivity contribution is -0.126. The Morgan fingerprint density at radius 3 is 2.41 bits per heavy atom. The summed E-state index contributed by atoms with van der Waals surface area (Å²) in [7, 11) is 0. The fraction of sp³-hybridized carbons (Fsp3) is 0.353. The average molecular weight is 423 g/mol. The van der Waals surface area contributed by atoms with Gasteiger partial charge in [-0.05, 0) is 18.2 Å². The molecule has 146 valence electrons. The van der Waals surface area contributed by atoms with Gasteiger partial charge >= 0.3 is 6.18 Å². The molecule has 0 aliphatic heterocycles. The van der Waals surface area contributed by atoms with Crippen molar-refractivity contribution in [3.63, 3.8) is 0 Å². The second kappa shape index (κ2) is 7.55. The van der Waals surface area contributed by atoms with Crippen molar-refractivity contribution in [3.8, 4) is 0 Å². The van der Waals surface area contributed by atoms with Crippen LogP contribution in [0.2, 0.25) is 5.02 Å². The first-order valence-corrected chi connectivity index (χ1v) is 8.85. The van der Waals surface area contributed by atoms with Gasteiger partial charge in [0, 0.05) is 15.5 Å². The van der Waals surface area contributed by atoms with E-state index in [1.807, 2.05) is 0 Å². The predicted molar refractivity (Wildman–Crippen MR) is 96.8 cm³/mol. The van der Waals surface area contributed by atoms with Gasteiger partial charge in [0.05, 0.1) is 11.4 Å². The maximum Gasteiger partial charge on any atom is 0.431 e. The van der Waals surface area contributed by atoms with E-state index in [0.717, 1.165) is 23.5 Å². The van der Waals surface area contributed by atoms with Crippen LogP contribution in [0.3, 0.4) is 0 Å². The van der Waals surface area contributed by atoms with Gasteiger partial charge in [-0.15, -0.1) is 11.3 Å². The van der Waals surface area contributed by atoms with Crippen LogP contribution in [0.15, 0.2) is 23.3 Å². The molecule has 0 bridgehead atoms. The van der Waals surface area contributed by atoms with Crippen LogP contribution in [0.25, 0.3) is 10.1 Å². The number of fused-ring (bicyclic) bond motifs is 1. The van der Waals surface area contributed by atoms with E-state index in [9.17, 15) is 27.2 Å². The summed E-state index contributed by atoms with van der Waals surface area (Å²) in [4.78, 5) is 24.0. The minimum Gasteiger partial charge on any atom is -0.299 e. The van der Waals surface area contributed by atoms with Crippen LogP contribution in [0.1, 0.15) is 36.9 Å². The molecule has 0 saturated carbocycles. The molecule has 1 heterocycles. The van der Waals surface area contributed by atoms with Gasteiger partial charge in [-0.2, -0.15) is 18.3 Å². The molecule has 0 aliphatic rings. The second-order valence-corrected chi connectivity index (χ2v) is 8.16. The van der Waals surface area contributed by atoms with Crippen molar-refractivity contribution in [2.75, 3.05) is 0 Å². The Bertz CT molecular complexity index is 929. The zero-order valence-corrected chi connectivity index (χ0v) is 16.1. The van der Waals surface area contributed by atoms with Gasteiger partial charge in [0.2, 0.25) is 0 Å². The monoisotopic (exact) mass is 422 g/mol. The smallest absolute Gasteiger partial charge is 0.299 e. The molecule has 10 heteroatoms. The summed E-state index contributed by atoms with van der Waals surface area (Å²) in [5.41, 5.74) is -0.621. The molecular formula is C17H15ClF4N2O2S. The van der Waals surface area contributed by atoms with Crippen molar-refractivity contribution in [2.45, 2.75) is 33.4 Å². The Kier molecular flexibility index (Phi) is 5.96. The highest BCUT2D eigenvalue weighted by atomic mass is 35.5. The van der Waals surface area contributed by atoms with E-state index in [1.165, 1.54) is 26.8 Å². The van der Waals surface area contributed by atoms with Crippen LogP contribution < -0.4 is 5.43 Å². The quantitative estimate of drug-likeness (QED) is 0.410.